The third-order valence-corrected chi connectivity index (χ3v) is 4.09. The van der Waals surface area contributed by atoms with Gasteiger partial charge in [0.05, 0.1) is 7.11 Å². The minimum Gasteiger partial charge on any atom is -0.496 e. The number of carbonyl (C=O) groups excluding carboxylic acids is 1. The second kappa shape index (κ2) is 4.81. The van der Waals surface area contributed by atoms with Gasteiger partial charge in [0.15, 0.2) is 0 Å². The number of hydrogen-bond acceptors (Lipinski definition) is 3. The van der Waals surface area contributed by atoms with Crippen molar-refractivity contribution in [1.29, 1.82) is 0 Å². The van der Waals surface area contributed by atoms with Crippen molar-refractivity contribution in [3.05, 3.63) is 29.6 Å². The second-order valence-corrected chi connectivity index (χ2v) is 5.21. The van der Waals surface area contributed by atoms with E-state index in [1.54, 1.807) is 17.0 Å². The predicted octanol–water partition coefficient (Wildman–Crippen LogP) is 1.13. The van der Waals surface area contributed by atoms with E-state index in [1.165, 1.54) is 13.2 Å². The summed E-state index contributed by atoms with van der Waals surface area (Å²) in [6, 6.07) is 4.47. The first-order valence-electron chi connectivity index (χ1n) is 6.53. The van der Waals surface area contributed by atoms with E-state index in [9.17, 15) is 9.18 Å². The van der Waals surface area contributed by atoms with E-state index < -0.39 is 5.82 Å². The summed E-state index contributed by atoms with van der Waals surface area (Å²) in [5.41, 5.74) is 0.0536. The highest BCUT2D eigenvalue weighted by Crippen LogP contribution is 2.30. The normalized spacial score (nSPS) is 25.5. The molecule has 0 radical (unpaired) electrons. The summed E-state index contributed by atoms with van der Waals surface area (Å²) in [4.78, 5) is 14.2. The van der Waals surface area contributed by atoms with E-state index >= 15 is 0 Å². The van der Waals surface area contributed by atoms with E-state index in [0.29, 0.717) is 30.7 Å². The zero-order chi connectivity index (χ0) is 13.4. The summed E-state index contributed by atoms with van der Waals surface area (Å²) < 4.78 is 19.0. The van der Waals surface area contributed by atoms with E-state index in [-0.39, 0.29) is 11.5 Å². The number of nitrogens with one attached hydrogen (secondary N) is 1. The molecular weight excluding hydrogens is 247 g/mol. The van der Waals surface area contributed by atoms with Crippen LogP contribution in [0.25, 0.3) is 0 Å². The van der Waals surface area contributed by atoms with Gasteiger partial charge in [-0.3, -0.25) is 4.79 Å². The molecule has 1 aromatic carbocycles. The molecule has 0 saturated carbocycles. The smallest absolute Gasteiger partial charge is 0.260 e. The lowest BCUT2D eigenvalue weighted by atomic mass is 10.0. The second-order valence-electron chi connectivity index (χ2n) is 5.21. The number of benzene rings is 1. The first kappa shape index (κ1) is 12.4. The standard InChI is InChI=1S/C14H17FN2O2/c1-19-12-4-2-3-11(15)13(12)14(18)17-7-9-5-16-6-10(9)8-17/h2-4,9-10,16H,5-8H2,1H3. The number of methoxy groups -OCH3 is 1. The van der Waals surface area contributed by atoms with Gasteiger partial charge >= 0.3 is 0 Å². The number of carbonyl (C=O) groups is 1. The quantitative estimate of drug-likeness (QED) is 0.870. The Morgan fingerprint density at radius 2 is 2.05 bits per heavy atom. The molecule has 5 heteroatoms. The van der Waals surface area contributed by atoms with E-state index in [0.717, 1.165) is 13.1 Å². The molecule has 2 atom stereocenters. The number of rotatable bonds is 2. The molecule has 2 aliphatic heterocycles. The maximum atomic E-state index is 13.9. The topological polar surface area (TPSA) is 41.6 Å². The van der Waals surface area contributed by atoms with Crippen molar-refractivity contribution in [2.75, 3.05) is 33.3 Å². The third-order valence-electron chi connectivity index (χ3n) is 4.09. The largest absolute Gasteiger partial charge is 0.496 e. The first-order valence-corrected chi connectivity index (χ1v) is 6.53. The van der Waals surface area contributed by atoms with Crippen LogP contribution in [0.3, 0.4) is 0 Å². The van der Waals surface area contributed by atoms with Crippen molar-refractivity contribution in [3.63, 3.8) is 0 Å². The molecule has 19 heavy (non-hydrogen) atoms. The fourth-order valence-electron chi connectivity index (χ4n) is 3.06. The number of fused-ring (bicyclic) bond motifs is 1. The fourth-order valence-corrected chi connectivity index (χ4v) is 3.06. The van der Waals surface area contributed by atoms with Crippen LogP contribution in [-0.4, -0.2) is 44.1 Å². The molecule has 0 spiro atoms. The van der Waals surface area contributed by atoms with Gasteiger partial charge in [0.1, 0.15) is 17.1 Å². The molecule has 2 aliphatic rings. The van der Waals surface area contributed by atoms with Crippen molar-refractivity contribution in [1.82, 2.24) is 10.2 Å². The van der Waals surface area contributed by atoms with Crippen LogP contribution >= 0.6 is 0 Å². The van der Waals surface area contributed by atoms with Gasteiger partial charge in [-0.05, 0) is 24.0 Å². The number of likely N-dealkylation sites (tertiary alicyclic amines) is 1. The molecule has 1 aromatic rings. The monoisotopic (exact) mass is 264 g/mol. The number of halogens is 1. The maximum Gasteiger partial charge on any atom is 0.260 e. The molecular formula is C14H17FN2O2. The fraction of sp³-hybridized carbons (Fsp3) is 0.500. The Morgan fingerprint density at radius 3 is 2.68 bits per heavy atom. The Hall–Kier alpha value is -1.62. The molecule has 2 unspecified atom stereocenters. The van der Waals surface area contributed by atoms with Crippen molar-refractivity contribution in [2.45, 2.75) is 0 Å². The van der Waals surface area contributed by atoms with Crippen molar-refractivity contribution >= 4 is 5.91 Å². The van der Waals surface area contributed by atoms with Gasteiger partial charge in [-0.15, -0.1) is 0 Å². The lowest BCUT2D eigenvalue weighted by Gasteiger charge is -2.19. The highest BCUT2D eigenvalue weighted by Gasteiger charge is 2.39. The Bertz CT molecular complexity index is 494. The molecule has 2 fully saturated rings. The SMILES string of the molecule is COc1cccc(F)c1C(=O)N1CC2CNCC2C1. The molecule has 0 bridgehead atoms. The number of hydrogen-bond donors (Lipinski definition) is 1. The predicted molar refractivity (Wildman–Crippen MR) is 68.7 cm³/mol. The molecule has 0 aliphatic carbocycles. The molecule has 1 amide bonds. The van der Waals surface area contributed by atoms with Gasteiger partial charge in [0.25, 0.3) is 5.91 Å². The van der Waals surface area contributed by atoms with Gasteiger partial charge in [-0.25, -0.2) is 4.39 Å². The summed E-state index contributed by atoms with van der Waals surface area (Å²) in [6.45, 7) is 3.30. The van der Waals surface area contributed by atoms with Crippen LogP contribution in [0.2, 0.25) is 0 Å². The molecule has 102 valence electrons. The van der Waals surface area contributed by atoms with Gasteiger partial charge < -0.3 is 15.0 Å². The number of nitrogens with zero attached hydrogens (tertiary/aromatic N) is 1. The Balaban J connectivity index is 1.85. The minimum atomic E-state index is -0.514. The molecule has 3 rings (SSSR count). The summed E-state index contributed by atoms with van der Waals surface area (Å²) >= 11 is 0. The lowest BCUT2D eigenvalue weighted by molar-refractivity contribution is 0.0773. The number of ether oxygens (including phenoxy) is 1. The van der Waals surface area contributed by atoms with Gasteiger partial charge in [-0.2, -0.15) is 0 Å². The van der Waals surface area contributed by atoms with Gasteiger partial charge in [-0.1, -0.05) is 6.07 Å². The van der Waals surface area contributed by atoms with Crippen LogP contribution in [0.4, 0.5) is 4.39 Å². The van der Waals surface area contributed by atoms with E-state index in [2.05, 4.69) is 5.32 Å². The molecule has 4 nitrogen and oxygen atoms in total. The maximum absolute atomic E-state index is 13.9. The molecule has 2 saturated heterocycles. The van der Waals surface area contributed by atoms with Crippen LogP contribution < -0.4 is 10.1 Å². The van der Waals surface area contributed by atoms with E-state index in [4.69, 9.17) is 4.74 Å². The van der Waals surface area contributed by atoms with Crippen LogP contribution in [0.15, 0.2) is 18.2 Å². The average Bonchev–Trinajstić information content (AvgIpc) is 2.98. The first-order chi connectivity index (χ1) is 9.20. The summed E-state index contributed by atoms with van der Waals surface area (Å²) in [6.07, 6.45) is 0. The van der Waals surface area contributed by atoms with Crippen LogP contribution in [0, 0.1) is 17.7 Å². The van der Waals surface area contributed by atoms with Crippen molar-refractivity contribution in [3.8, 4) is 5.75 Å². The highest BCUT2D eigenvalue weighted by molar-refractivity contribution is 5.97. The average molecular weight is 264 g/mol. The summed E-state index contributed by atoms with van der Waals surface area (Å²) in [5.74, 6) is 0.535. The summed E-state index contributed by atoms with van der Waals surface area (Å²) in [7, 11) is 1.45. The third kappa shape index (κ3) is 2.08. The number of amides is 1. The van der Waals surface area contributed by atoms with Gasteiger partial charge in [0.2, 0.25) is 0 Å². The molecule has 0 aromatic heterocycles. The minimum absolute atomic E-state index is 0.0536. The Labute approximate surface area is 111 Å². The van der Waals surface area contributed by atoms with Crippen molar-refractivity contribution in [2.24, 2.45) is 11.8 Å². The van der Waals surface area contributed by atoms with Crippen LogP contribution in [-0.2, 0) is 0 Å². The van der Waals surface area contributed by atoms with E-state index in [1.807, 2.05) is 0 Å². The Morgan fingerprint density at radius 1 is 1.37 bits per heavy atom. The molecule has 1 N–H and O–H groups in total. The van der Waals surface area contributed by atoms with Gasteiger partial charge in [0, 0.05) is 26.2 Å². The van der Waals surface area contributed by atoms with Crippen LogP contribution in [0.1, 0.15) is 10.4 Å². The highest BCUT2D eigenvalue weighted by atomic mass is 19.1. The van der Waals surface area contributed by atoms with Crippen LogP contribution in [0.5, 0.6) is 5.75 Å². The lowest BCUT2D eigenvalue weighted by Crippen LogP contribution is -2.32. The summed E-state index contributed by atoms with van der Waals surface area (Å²) in [5, 5.41) is 3.32. The zero-order valence-corrected chi connectivity index (χ0v) is 10.9. The van der Waals surface area contributed by atoms with Crippen molar-refractivity contribution < 1.29 is 13.9 Å². The Kier molecular flexibility index (Phi) is 3.14. The molecule has 2 heterocycles. The zero-order valence-electron chi connectivity index (χ0n) is 10.9.